The zero-order chi connectivity index (χ0) is 15.1. The van der Waals surface area contributed by atoms with Crippen LogP contribution in [0.5, 0.6) is 0 Å². The van der Waals surface area contributed by atoms with Gasteiger partial charge in [0.2, 0.25) is 0 Å². The van der Waals surface area contributed by atoms with Gasteiger partial charge in [0.15, 0.2) is 0 Å². The quantitative estimate of drug-likeness (QED) is 0.855. The predicted molar refractivity (Wildman–Crippen MR) is 92.4 cm³/mol. The maximum atomic E-state index is 3.64. The van der Waals surface area contributed by atoms with E-state index in [-0.39, 0.29) is 0 Å². The number of hydrogen-bond acceptors (Lipinski definition) is 2. The second kappa shape index (κ2) is 8.35. The SMILES string of the molecule is C/C(=C\c1ccccc1)CNCC1CCCN(C(C)C)C1. The lowest BCUT2D eigenvalue weighted by atomic mass is 9.97. The van der Waals surface area contributed by atoms with Crippen LogP contribution in [0.1, 0.15) is 39.2 Å². The maximum absolute atomic E-state index is 3.64. The topological polar surface area (TPSA) is 15.3 Å². The fourth-order valence-electron chi connectivity index (χ4n) is 3.09. The van der Waals surface area contributed by atoms with Crippen molar-refractivity contribution in [1.29, 1.82) is 0 Å². The van der Waals surface area contributed by atoms with Gasteiger partial charge in [-0.3, -0.25) is 0 Å². The van der Waals surface area contributed by atoms with Gasteiger partial charge in [-0.1, -0.05) is 42.0 Å². The normalized spacial score (nSPS) is 21.0. The van der Waals surface area contributed by atoms with Crippen LogP contribution in [0.25, 0.3) is 6.08 Å². The third-order valence-electron chi connectivity index (χ3n) is 4.33. The molecule has 116 valence electrons. The summed E-state index contributed by atoms with van der Waals surface area (Å²) < 4.78 is 0. The number of rotatable bonds is 6. The van der Waals surface area contributed by atoms with Crippen LogP contribution >= 0.6 is 0 Å². The smallest absolute Gasteiger partial charge is 0.0165 e. The molecule has 2 heteroatoms. The predicted octanol–water partition coefficient (Wildman–Crippen LogP) is 3.80. The lowest BCUT2D eigenvalue weighted by Crippen LogP contribution is -2.43. The summed E-state index contributed by atoms with van der Waals surface area (Å²) in [6, 6.07) is 11.3. The van der Waals surface area contributed by atoms with E-state index in [1.807, 2.05) is 0 Å². The minimum absolute atomic E-state index is 0.688. The number of nitrogens with zero attached hydrogens (tertiary/aromatic N) is 1. The summed E-state index contributed by atoms with van der Waals surface area (Å²) in [6.07, 6.45) is 5.00. The lowest BCUT2D eigenvalue weighted by Gasteiger charge is -2.35. The second-order valence-electron chi connectivity index (χ2n) is 6.63. The largest absolute Gasteiger partial charge is 0.313 e. The van der Waals surface area contributed by atoms with Crippen LogP contribution in [-0.4, -0.2) is 37.1 Å². The van der Waals surface area contributed by atoms with E-state index < -0.39 is 0 Å². The standard InChI is InChI=1S/C19H30N2/c1-16(2)21-11-7-10-19(15-21)14-20-13-17(3)12-18-8-5-4-6-9-18/h4-6,8-9,12,16,19-20H,7,10-11,13-15H2,1-3H3/b17-12+. The van der Waals surface area contributed by atoms with Crippen LogP contribution in [0.4, 0.5) is 0 Å². The molecule has 21 heavy (non-hydrogen) atoms. The second-order valence-corrected chi connectivity index (χ2v) is 6.63. The number of likely N-dealkylation sites (tertiary alicyclic amines) is 1. The molecule has 1 aliphatic heterocycles. The lowest BCUT2D eigenvalue weighted by molar-refractivity contribution is 0.139. The Morgan fingerprint density at radius 3 is 2.81 bits per heavy atom. The Hall–Kier alpha value is -1.12. The molecule has 0 radical (unpaired) electrons. The Labute approximate surface area is 130 Å². The van der Waals surface area contributed by atoms with E-state index in [0.29, 0.717) is 6.04 Å². The zero-order valence-corrected chi connectivity index (χ0v) is 13.8. The van der Waals surface area contributed by atoms with E-state index in [1.165, 1.54) is 37.1 Å². The van der Waals surface area contributed by atoms with Gasteiger partial charge in [0.1, 0.15) is 0 Å². The van der Waals surface area contributed by atoms with Crippen LogP contribution in [0.3, 0.4) is 0 Å². The van der Waals surface area contributed by atoms with Crippen molar-refractivity contribution in [1.82, 2.24) is 10.2 Å². The molecule has 0 amide bonds. The molecule has 0 aliphatic carbocycles. The molecule has 0 saturated carbocycles. The summed E-state index contributed by atoms with van der Waals surface area (Å²) >= 11 is 0. The Kier molecular flexibility index (Phi) is 6.47. The van der Waals surface area contributed by atoms with Gasteiger partial charge in [-0.05, 0) is 58.2 Å². The molecular formula is C19H30N2. The molecule has 2 rings (SSSR count). The van der Waals surface area contributed by atoms with Gasteiger partial charge in [-0.25, -0.2) is 0 Å². The average Bonchev–Trinajstić information content (AvgIpc) is 2.48. The van der Waals surface area contributed by atoms with Crippen molar-refractivity contribution in [3.63, 3.8) is 0 Å². The van der Waals surface area contributed by atoms with Gasteiger partial charge in [-0.2, -0.15) is 0 Å². The number of benzene rings is 1. The fourth-order valence-corrected chi connectivity index (χ4v) is 3.09. The van der Waals surface area contributed by atoms with Gasteiger partial charge in [0.05, 0.1) is 0 Å². The van der Waals surface area contributed by atoms with E-state index in [9.17, 15) is 0 Å². The van der Waals surface area contributed by atoms with Crippen molar-refractivity contribution in [2.45, 2.75) is 39.7 Å². The summed E-state index contributed by atoms with van der Waals surface area (Å²) in [6.45, 7) is 11.5. The summed E-state index contributed by atoms with van der Waals surface area (Å²) in [4.78, 5) is 2.61. The van der Waals surface area contributed by atoms with Crippen molar-refractivity contribution in [2.75, 3.05) is 26.2 Å². The number of nitrogens with one attached hydrogen (secondary N) is 1. The van der Waals surface area contributed by atoms with Crippen molar-refractivity contribution in [3.05, 3.63) is 41.5 Å². The highest BCUT2D eigenvalue weighted by atomic mass is 15.2. The number of hydrogen-bond donors (Lipinski definition) is 1. The molecule has 1 aromatic carbocycles. The minimum Gasteiger partial charge on any atom is -0.313 e. The minimum atomic E-state index is 0.688. The summed E-state index contributed by atoms with van der Waals surface area (Å²) in [5.41, 5.74) is 2.69. The molecule has 0 spiro atoms. The Morgan fingerprint density at radius 2 is 2.10 bits per heavy atom. The van der Waals surface area contributed by atoms with Gasteiger partial charge in [-0.15, -0.1) is 0 Å². The van der Waals surface area contributed by atoms with Crippen molar-refractivity contribution in [2.24, 2.45) is 5.92 Å². The Bertz CT molecular complexity index is 436. The van der Waals surface area contributed by atoms with Crippen molar-refractivity contribution < 1.29 is 0 Å². The van der Waals surface area contributed by atoms with Crippen LogP contribution in [-0.2, 0) is 0 Å². The summed E-state index contributed by atoms with van der Waals surface area (Å²) in [5.74, 6) is 0.811. The maximum Gasteiger partial charge on any atom is 0.0165 e. The Morgan fingerprint density at radius 1 is 1.33 bits per heavy atom. The van der Waals surface area contributed by atoms with E-state index >= 15 is 0 Å². The van der Waals surface area contributed by atoms with Crippen LogP contribution in [0.2, 0.25) is 0 Å². The molecule has 1 saturated heterocycles. The first-order valence-corrected chi connectivity index (χ1v) is 8.32. The third kappa shape index (κ3) is 5.64. The molecule has 0 bridgehead atoms. The highest BCUT2D eigenvalue weighted by molar-refractivity contribution is 5.52. The average molecular weight is 286 g/mol. The Balaban J connectivity index is 1.72. The van der Waals surface area contributed by atoms with Gasteiger partial charge < -0.3 is 10.2 Å². The fraction of sp³-hybridized carbons (Fsp3) is 0.579. The molecule has 2 nitrogen and oxygen atoms in total. The van der Waals surface area contributed by atoms with E-state index in [2.05, 4.69) is 67.4 Å². The zero-order valence-electron chi connectivity index (χ0n) is 13.8. The van der Waals surface area contributed by atoms with Gasteiger partial charge in [0.25, 0.3) is 0 Å². The van der Waals surface area contributed by atoms with Crippen LogP contribution in [0.15, 0.2) is 35.9 Å². The van der Waals surface area contributed by atoms with Gasteiger partial charge in [0, 0.05) is 19.1 Å². The van der Waals surface area contributed by atoms with E-state index in [0.717, 1.165) is 19.0 Å². The van der Waals surface area contributed by atoms with Crippen molar-refractivity contribution in [3.8, 4) is 0 Å². The van der Waals surface area contributed by atoms with E-state index in [4.69, 9.17) is 0 Å². The molecule has 1 unspecified atom stereocenters. The molecule has 1 fully saturated rings. The third-order valence-corrected chi connectivity index (χ3v) is 4.33. The highest BCUT2D eigenvalue weighted by Gasteiger charge is 2.20. The summed E-state index contributed by atoms with van der Waals surface area (Å²) in [5, 5.41) is 3.64. The molecule has 1 N–H and O–H groups in total. The molecule has 1 heterocycles. The summed E-state index contributed by atoms with van der Waals surface area (Å²) in [7, 11) is 0. The van der Waals surface area contributed by atoms with E-state index in [1.54, 1.807) is 0 Å². The highest BCUT2D eigenvalue weighted by Crippen LogP contribution is 2.17. The molecule has 0 aromatic heterocycles. The first-order chi connectivity index (χ1) is 10.1. The molecule has 1 atom stereocenters. The molecule has 1 aromatic rings. The van der Waals surface area contributed by atoms with Crippen molar-refractivity contribution >= 4 is 6.08 Å². The van der Waals surface area contributed by atoms with Crippen LogP contribution < -0.4 is 5.32 Å². The van der Waals surface area contributed by atoms with Crippen LogP contribution in [0, 0.1) is 5.92 Å². The first-order valence-electron chi connectivity index (χ1n) is 8.32. The monoisotopic (exact) mass is 286 g/mol. The first kappa shape index (κ1) is 16.3. The molecular weight excluding hydrogens is 256 g/mol. The molecule has 1 aliphatic rings. The van der Waals surface area contributed by atoms with Gasteiger partial charge >= 0.3 is 0 Å². The number of piperidine rings is 1.